The summed E-state index contributed by atoms with van der Waals surface area (Å²) >= 11 is 4.82. The number of aromatic nitrogens is 3. The monoisotopic (exact) mass is 509 g/mol. The highest BCUT2D eigenvalue weighted by molar-refractivity contribution is 9.10. The van der Waals surface area contributed by atoms with Crippen LogP contribution in [0, 0.1) is 10.1 Å². The minimum Gasteiger partial charge on any atom is -0.325 e. The minimum absolute atomic E-state index is 0.0343. The number of non-ortho nitro benzene ring substituents is 1. The Balaban J connectivity index is 1.55. The first kappa shape index (κ1) is 21.7. The number of thioether (sulfide) groups is 1. The van der Waals surface area contributed by atoms with Crippen LogP contribution in [-0.2, 0) is 4.79 Å². The average molecular weight is 510 g/mol. The van der Waals surface area contributed by atoms with Gasteiger partial charge in [-0.15, -0.1) is 10.2 Å². The quantitative estimate of drug-likeness (QED) is 0.205. The number of nitro groups is 1. The van der Waals surface area contributed by atoms with E-state index in [1.54, 1.807) is 0 Å². The molecule has 0 aliphatic carbocycles. The van der Waals surface area contributed by atoms with E-state index in [4.69, 9.17) is 0 Å². The molecule has 0 spiro atoms. The maximum Gasteiger partial charge on any atom is 0.269 e. The van der Waals surface area contributed by atoms with Gasteiger partial charge in [-0.3, -0.25) is 19.5 Å². The number of nitro benzene ring substituents is 1. The number of carbonyl (C=O) groups excluding carboxylic acids is 1. The van der Waals surface area contributed by atoms with Crippen molar-refractivity contribution in [2.24, 2.45) is 0 Å². The van der Waals surface area contributed by atoms with Gasteiger partial charge in [-0.1, -0.05) is 64.1 Å². The highest BCUT2D eigenvalue weighted by Crippen LogP contribution is 2.32. The zero-order valence-electron chi connectivity index (χ0n) is 16.5. The van der Waals surface area contributed by atoms with Gasteiger partial charge in [0.25, 0.3) is 5.69 Å². The molecular weight excluding hydrogens is 494 g/mol. The first-order valence-electron chi connectivity index (χ1n) is 9.46. The Morgan fingerprint density at radius 2 is 1.69 bits per heavy atom. The van der Waals surface area contributed by atoms with Crippen molar-refractivity contribution < 1.29 is 9.72 Å². The van der Waals surface area contributed by atoms with Crippen molar-refractivity contribution in [3.63, 3.8) is 0 Å². The maximum absolute atomic E-state index is 12.5. The van der Waals surface area contributed by atoms with Crippen LogP contribution in [-0.4, -0.2) is 31.3 Å². The third-order valence-electron chi connectivity index (χ3n) is 4.46. The molecule has 0 fully saturated rings. The molecule has 8 nitrogen and oxygen atoms in total. The van der Waals surface area contributed by atoms with Crippen LogP contribution in [0.4, 0.5) is 11.4 Å². The Morgan fingerprint density at radius 1 is 1.00 bits per heavy atom. The van der Waals surface area contributed by atoms with Gasteiger partial charge >= 0.3 is 0 Å². The molecule has 4 rings (SSSR count). The van der Waals surface area contributed by atoms with Gasteiger partial charge in [-0.2, -0.15) is 0 Å². The van der Waals surface area contributed by atoms with E-state index in [2.05, 4.69) is 31.4 Å². The van der Waals surface area contributed by atoms with Gasteiger partial charge in [-0.25, -0.2) is 0 Å². The molecule has 0 unspecified atom stereocenters. The number of para-hydroxylation sites is 1. The summed E-state index contributed by atoms with van der Waals surface area (Å²) in [5.41, 5.74) is 2.21. The van der Waals surface area contributed by atoms with E-state index in [1.807, 2.05) is 59.2 Å². The van der Waals surface area contributed by atoms with Crippen LogP contribution in [0.5, 0.6) is 0 Å². The molecule has 1 N–H and O–H groups in total. The van der Waals surface area contributed by atoms with Crippen LogP contribution in [0.25, 0.3) is 17.1 Å². The van der Waals surface area contributed by atoms with Gasteiger partial charge in [0, 0.05) is 33.5 Å². The molecule has 160 valence electrons. The van der Waals surface area contributed by atoms with Gasteiger partial charge < -0.3 is 5.32 Å². The Labute approximate surface area is 196 Å². The zero-order chi connectivity index (χ0) is 22.5. The Bertz CT molecular complexity index is 1260. The van der Waals surface area contributed by atoms with E-state index in [1.165, 1.54) is 36.0 Å². The van der Waals surface area contributed by atoms with Gasteiger partial charge in [0.15, 0.2) is 11.0 Å². The molecule has 1 aromatic heterocycles. The van der Waals surface area contributed by atoms with E-state index < -0.39 is 4.92 Å². The van der Waals surface area contributed by atoms with Gasteiger partial charge in [0.1, 0.15) is 0 Å². The number of nitrogens with one attached hydrogen (secondary N) is 1. The van der Waals surface area contributed by atoms with Crippen LogP contribution in [0.15, 0.2) is 88.5 Å². The largest absolute Gasteiger partial charge is 0.325 e. The summed E-state index contributed by atoms with van der Waals surface area (Å²) in [6.07, 6.45) is 0. The Kier molecular flexibility index (Phi) is 6.62. The zero-order valence-corrected chi connectivity index (χ0v) is 18.9. The molecule has 0 saturated heterocycles. The predicted molar refractivity (Wildman–Crippen MR) is 127 cm³/mol. The molecule has 3 aromatic carbocycles. The van der Waals surface area contributed by atoms with Crippen molar-refractivity contribution in [3.8, 4) is 17.1 Å². The smallest absolute Gasteiger partial charge is 0.269 e. The lowest BCUT2D eigenvalue weighted by Crippen LogP contribution is -2.14. The van der Waals surface area contributed by atoms with Crippen LogP contribution >= 0.6 is 27.7 Å². The summed E-state index contributed by atoms with van der Waals surface area (Å²) in [6.45, 7) is 0. The fraction of sp³-hybridized carbons (Fsp3) is 0.0455. The lowest BCUT2D eigenvalue weighted by Gasteiger charge is -2.11. The fourth-order valence-corrected chi connectivity index (χ4v) is 4.20. The first-order valence-corrected chi connectivity index (χ1v) is 11.2. The predicted octanol–water partition coefficient (Wildman–Crippen LogP) is 5.34. The third kappa shape index (κ3) is 4.87. The SMILES string of the molecule is O=C(CSc1nnc(-c2ccccc2Br)n1-c1ccccc1)Nc1ccc([N+](=O)[O-])cc1. The Hall–Kier alpha value is -3.50. The lowest BCUT2D eigenvalue weighted by atomic mass is 10.2. The molecular formula is C22H16BrN5O3S. The first-order chi connectivity index (χ1) is 15.5. The standard InChI is InChI=1S/C22H16BrN5O3S/c23-19-9-5-4-8-18(19)21-25-26-22(27(21)16-6-2-1-3-7-16)32-14-20(29)24-15-10-12-17(13-11-15)28(30)31/h1-13H,14H2,(H,24,29). The van der Waals surface area contributed by atoms with E-state index in [9.17, 15) is 14.9 Å². The summed E-state index contributed by atoms with van der Waals surface area (Å²) in [4.78, 5) is 22.7. The highest BCUT2D eigenvalue weighted by Gasteiger charge is 2.18. The lowest BCUT2D eigenvalue weighted by molar-refractivity contribution is -0.384. The summed E-state index contributed by atoms with van der Waals surface area (Å²) in [7, 11) is 0. The van der Waals surface area contributed by atoms with Crippen molar-refractivity contribution >= 4 is 45.0 Å². The maximum atomic E-state index is 12.5. The molecule has 1 amide bonds. The van der Waals surface area contributed by atoms with E-state index >= 15 is 0 Å². The number of nitrogens with zero attached hydrogens (tertiary/aromatic N) is 4. The number of anilines is 1. The van der Waals surface area contributed by atoms with Gasteiger partial charge in [0.05, 0.1) is 10.7 Å². The highest BCUT2D eigenvalue weighted by atomic mass is 79.9. The van der Waals surface area contributed by atoms with Crippen LogP contribution in [0.2, 0.25) is 0 Å². The molecule has 0 bridgehead atoms. The number of carbonyl (C=O) groups is 1. The van der Waals surface area contributed by atoms with Crippen LogP contribution < -0.4 is 5.32 Å². The fourth-order valence-electron chi connectivity index (χ4n) is 2.98. The summed E-state index contributed by atoms with van der Waals surface area (Å²) < 4.78 is 2.79. The van der Waals surface area contributed by atoms with Crippen molar-refractivity contribution in [1.29, 1.82) is 0 Å². The summed E-state index contributed by atoms with van der Waals surface area (Å²) in [5, 5.41) is 22.8. The van der Waals surface area contributed by atoms with E-state index in [0.29, 0.717) is 16.7 Å². The number of halogens is 1. The number of amides is 1. The number of hydrogen-bond donors (Lipinski definition) is 1. The van der Waals surface area contributed by atoms with Gasteiger partial charge in [0.2, 0.25) is 5.91 Å². The Morgan fingerprint density at radius 3 is 2.38 bits per heavy atom. The van der Waals surface area contributed by atoms with E-state index in [-0.39, 0.29) is 17.3 Å². The number of hydrogen-bond acceptors (Lipinski definition) is 6. The minimum atomic E-state index is -0.486. The molecule has 0 atom stereocenters. The molecule has 0 radical (unpaired) electrons. The second-order valence-electron chi connectivity index (χ2n) is 6.60. The second-order valence-corrected chi connectivity index (χ2v) is 8.39. The molecule has 0 saturated carbocycles. The normalized spacial score (nSPS) is 10.7. The molecule has 10 heteroatoms. The summed E-state index contributed by atoms with van der Waals surface area (Å²) in [6, 6.07) is 23.1. The van der Waals surface area contributed by atoms with Crippen molar-refractivity contribution in [3.05, 3.63) is 93.4 Å². The summed E-state index contributed by atoms with van der Waals surface area (Å²) in [5.74, 6) is 0.494. The topological polar surface area (TPSA) is 103 Å². The molecule has 32 heavy (non-hydrogen) atoms. The van der Waals surface area contributed by atoms with Crippen molar-refractivity contribution in [2.45, 2.75) is 5.16 Å². The number of benzene rings is 3. The number of rotatable bonds is 7. The average Bonchev–Trinajstić information content (AvgIpc) is 3.22. The molecule has 1 heterocycles. The van der Waals surface area contributed by atoms with Crippen molar-refractivity contribution in [2.75, 3.05) is 11.1 Å². The second kappa shape index (κ2) is 9.75. The van der Waals surface area contributed by atoms with Gasteiger partial charge in [-0.05, 0) is 30.3 Å². The van der Waals surface area contributed by atoms with E-state index in [0.717, 1.165) is 15.7 Å². The molecule has 0 aliphatic rings. The molecule has 0 aliphatic heterocycles. The third-order valence-corrected chi connectivity index (χ3v) is 6.08. The van der Waals surface area contributed by atoms with Crippen LogP contribution in [0.1, 0.15) is 0 Å². The van der Waals surface area contributed by atoms with Crippen molar-refractivity contribution in [1.82, 2.24) is 14.8 Å². The van der Waals surface area contributed by atoms with Crippen LogP contribution in [0.3, 0.4) is 0 Å². The molecule has 4 aromatic rings.